The molecular weight excluding hydrogens is 342 g/mol. The molecule has 1 aromatic carbocycles. The molecular formula is C17H25N3O4S. The fourth-order valence-electron chi connectivity index (χ4n) is 2.12. The fourth-order valence-corrected chi connectivity index (χ4v) is 2.61. The average Bonchev–Trinajstić information content (AvgIpc) is 3.41. The molecule has 1 atom stereocenters. The summed E-state index contributed by atoms with van der Waals surface area (Å²) in [6.45, 7) is -0.0997. The molecule has 0 radical (unpaired) electrons. The lowest BCUT2D eigenvalue weighted by Crippen LogP contribution is -2.36. The second-order valence-corrected chi connectivity index (χ2v) is 6.86. The van der Waals surface area contributed by atoms with Crippen LogP contribution in [-0.2, 0) is 9.59 Å². The summed E-state index contributed by atoms with van der Waals surface area (Å²) < 4.78 is 10.8. The molecule has 0 aliphatic heterocycles. The number of nitrogens with two attached hydrogens (primary N) is 1. The van der Waals surface area contributed by atoms with Crippen LogP contribution >= 0.6 is 11.8 Å². The van der Waals surface area contributed by atoms with Gasteiger partial charge in [0.2, 0.25) is 5.91 Å². The molecule has 2 rings (SSSR count). The van der Waals surface area contributed by atoms with Crippen LogP contribution in [0.4, 0.5) is 5.69 Å². The van der Waals surface area contributed by atoms with E-state index in [0.717, 1.165) is 18.6 Å². The molecule has 0 unspecified atom stereocenters. The Kier molecular flexibility index (Phi) is 7.39. The first kappa shape index (κ1) is 19.4. The van der Waals surface area contributed by atoms with Crippen LogP contribution in [-0.4, -0.2) is 49.6 Å². The molecule has 1 aliphatic carbocycles. The van der Waals surface area contributed by atoms with E-state index in [0.29, 0.717) is 23.6 Å². The Morgan fingerprint density at radius 3 is 2.76 bits per heavy atom. The van der Waals surface area contributed by atoms with Crippen LogP contribution in [0.5, 0.6) is 11.5 Å². The van der Waals surface area contributed by atoms with Crippen molar-refractivity contribution < 1.29 is 19.1 Å². The molecule has 8 heteroatoms. The summed E-state index contributed by atoms with van der Waals surface area (Å²) in [6, 6.07) is 4.73. The van der Waals surface area contributed by atoms with E-state index in [9.17, 15) is 9.59 Å². The highest BCUT2D eigenvalue weighted by Gasteiger charge is 2.23. The fraction of sp³-hybridized carbons (Fsp3) is 0.529. The van der Waals surface area contributed by atoms with Gasteiger partial charge < -0.3 is 25.8 Å². The molecule has 1 saturated carbocycles. The molecule has 1 fully saturated rings. The topological polar surface area (TPSA) is 103 Å². The molecule has 0 aromatic heterocycles. The Morgan fingerprint density at radius 1 is 1.36 bits per heavy atom. The minimum Gasteiger partial charge on any atom is -0.493 e. The van der Waals surface area contributed by atoms with E-state index in [-0.39, 0.29) is 24.5 Å². The second kappa shape index (κ2) is 9.53. The van der Waals surface area contributed by atoms with Gasteiger partial charge in [-0.15, -0.1) is 0 Å². The highest BCUT2D eigenvalue weighted by atomic mass is 32.2. The van der Waals surface area contributed by atoms with Crippen LogP contribution in [0.3, 0.4) is 0 Å². The third-order valence-corrected chi connectivity index (χ3v) is 4.35. The van der Waals surface area contributed by atoms with E-state index in [2.05, 4.69) is 10.6 Å². The van der Waals surface area contributed by atoms with Crippen LogP contribution in [0.1, 0.15) is 19.3 Å². The highest BCUT2D eigenvalue weighted by molar-refractivity contribution is 7.98. The number of anilines is 1. The monoisotopic (exact) mass is 367 g/mol. The number of carbonyl (C=O) groups excluding carboxylic acids is 2. The molecule has 2 amide bonds. The second-order valence-electron chi connectivity index (χ2n) is 5.87. The molecule has 7 nitrogen and oxygen atoms in total. The molecule has 1 aliphatic rings. The first-order chi connectivity index (χ1) is 12.0. The van der Waals surface area contributed by atoms with Crippen LogP contribution in [0.2, 0.25) is 0 Å². The summed E-state index contributed by atoms with van der Waals surface area (Å²) in [5, 5.41) is 5.61. The molecule has 4 N–H and O–H groups in total. The van der Waals surface area contributed by atoms with E-state index in [4.69, 9.17) is 15.2 Å². The Morgan fingerprint density at radius 2 is 2.12 bits per heavy atom. The summed E-state index contributed by atoms with van der Waals surface area (Å²) in [6.07, 6.45) is 4.62. The Balaban J connectivity index is 1.95. The van der Waals surface area contributed by atoms with Crippen molar-refractivity contribution in [2.24, 2.45) is 5.73 Å². The van der Waals surface area contributed by atoms with Gasteiger partial charge in [-0.3, -0.25) is 9.59 Å². The van der Waals surface area contributed by atoms with Crippen molar-refractivity contribution in [3.63, 3.8) is 0 Å². The summed E-state index contributed by atoms with van der Waals surface area (Å²) in [7, 11) is 1.52. The minimum absolute atomic E-state index is 0.0997. The van der Waals surface area contributed by atoms with Crippen molar-refractivity contribution >= 4 is 29.3 Å². The third-order valence-electron chi connectivity index (χ3n) is 3.70. The minimum atomic E-state index is -0.566. The van der Waals surface area contributed by atoms with Crippen molar-refractivity contribution in [2.45, 2.75) is 31.3 Å². The van der Waals surface area contributed by atoms with Gasteiger partial charge in [0, 0.05) is 17.8 Å². The van der Waals surface area contributed by atoms with Crippen molar-refractivity contribution in [2.75, 3.05) is 31.0 Å². The number of nitrogens with one attached hydrogen (secondary N) is 2. The quantitative estimate of drug-likeness (QED) is 0.577. The normalized spacial score (nSPS) is 14.5. The third kappa shape index (κ3) is 6.47. The van der Waals surface area contributed by atoms with E-state index in [1.165, 1.54) is 7.11 Å². The highest BCUT2D eigenvalue weighted by Crippen LogP contribution is 2.30. The number of ether oxygens (including phenoxy) is 2. The van der Waals surface area contributed by atoms with E-state index < -0.39 is 6.04 Å². The molecule has 0 heterocycles. The van der Waals surface area contributed by atoms with Gasteiger partial charge in [0.1, 0.15) is 0 Å². The van der Waals surface area contributed by atoms with Gasteiger partial charge in [0.05, 0.1) is 13.2 Å². The van der Waals surface area contributed by atoms with Crippen molar-refractivity contribution in [3.05, 3.63) is 18.2 Å². The maximum Gasteiger partial charge on any atom is 0.258 e. The van der Waals surface area contributed by atoms with Crippen molar-refractivity contribution in [1.29, 1.82) is 0 Å². The van der Waals surface area contributed by atoms with Gasteiger partial charge in [0.15, 0.2) is 18.1 Å². The summed E-state index contributed by atoms with van der Waals surface area (Å²) in [4.78, 5) is 23.9. The summed E-state index contributed by atoms with van der Waals surface area (Å²) >= 11 is 1.64. The Bertz CT molecular complexity index is 608. The van der Waals surface area contributed by atoms with E-state index >= 15 is 0 Å². The number of hydrogen-bond acceptors (Lipinski definition) is 6. The SMILES string of the molecule is COc1ccc(NC(=O)[C@@H](N)CCSC)cc1OCC(=O)NC1CC1. The van der Waals surface area contributed by atoms with Crippen molar-refractivity contribution in [3.8, 4) is 11.5 Å². The Hall–Kier alpha value is -1.93. The number of benzene rings is 1. The smallest absolute Gasteiger partial charge is 0.258 e. The Labute approximate surface area is 152 Å². The number of thioether (sulfide) groups is 1. The lowest BCUT2D eigenvalue weighted by atomic mass is 10.2. The van der Waals surface area contributed by atoms with Gasteiger partial charge in [-0.2, -0.15) is 11.8 Å². The largest absolute Gasteiger partial charge is 0.493 e. The van der Waals surface area contributed by atoms with Crippen LogP contribution in [0.15, 0.2) is 18.2 Å². The predicted octanol–water partition coefficient (Wildman–Crippen LogP) is 1.37. The maximum absolute atomic E-state index is 12.1. The predicted molar refractivity (Wildman–Crippen MR) is 99.3 cm³/mol. The number of hydrogen-bond donors (Lipinski definition) is 3. The first-order valence-electron chi connectivity index (χ1n) is 8.19. The van der Waals surface area contributed by atoms with Crippen LogP contribution in [0, 0.1) is 0 Å². The molecule has 25 heavy (non-hydrogen) atoms. The van der Waals surface area contributed by atoms with Gasteiger partial charge in [0.25, 0.3) is 5.91 Å². The lowest BCUT2D eigenvalue weighted by molar-refractivity contribution is -0.123. The number of methoxy groups -OCH3 is 1. The summed E-state index contributed by atoms with van der Waals surface area (Å²) in [5.74, 6) is 1.28. The molecule has 0 spiro atoms. The first-order valence-corrected chi connectivity index (χ1v) is 9.58. The molecule has 0 saturated heterocycles. The average molecular weight is 367 g/mol. The number of carbonyl (C=O) groups is 2. The lowest BCUT2D eigenvalue weighted by Gasteiger charge is -2.15. The van der Waals surface area contributed by atoms with E-state index in [1.807, 2.05) is 6.26 Å². The molecule has 138 valence electrons. The zero-order valence-corrected chi connectivity index (χ0v) is 15.4. The number of amides is 2. The summed E-state index contributed by atoms with van der Waals surface area (Å²) in [5.41, 5.74) is 6.41. The van der Waals surface area contributed by atoms with Crippen molar-refractivity contribution in [1.82, 2.24) is 5.32 Å². The van der Waals surface area contributed by atoms with E-state index in [1.54, 1.807) is 30.0 Å². The number of rotatable bonds is 10. The molecule has 0 bridgehead atoms. The van der Waals surface area contributed by atoms with Crippen LogP contribution in [0.25, 0.3) is 0 Å². The standard InChI is InChI=1S/C17H25N3O4S/c1-23-14-6-5-12(20-17(22)13(18)7-8-25-2)9-15(14)24-10-16(21)19-11-3-4-11/h5-6,9,11,13H,3-4,7-8,10,18H2,1-2H3,(H,19,21)(H,20,22)/t13-/m0/s1. The maximum atomic E-state index is 12.1. The molecule has 1 aromatic rings. The van der Waals surface area contributed by atoms with Gasteiger partial charge in [-0.05, 0) is 43.4 Å². The zero-order valence-electron chi connectivity index (χ0n) is 14.5. The van der Waals surface area contributed by atoms with Crippen LogP contribution < -0.4 is 25.8 Å². The van der Waals surface area contributed by atoms with Gasteiger partial charge >= 0.3 is 0 Å². The van der Waals surface area contributed by atoms with Gasteiger partial charge in [-0.25, -0.2) is 0 Å². The zero-order chi connectivity index (χ0) is 18.2. The van der Waals surface area contributed by atoms with Gasteiger partial charge in [-0.1, -0.05) is 0 Å².